The van der Waals surface area contributed by atoms with Crippen LogP contribution < -0.4 is 5.69 Å². The molecule has 1 saturated heterocycles. The number of hydrogen-bond donors (Lipinski definition) is 1. The lowest BCUT2D eigenvalue weighted by Gasteiger charge is -2.35. The topological polar surface area (TPSA) is 71.0 Å². The Bertz CT molecular complexity index is 525. The van der Waals surface area contributed by atoms with Crippen LogP contribution in [0.5, 0.6) is 0 Å². The molecule has 1 aliphatic heterocycles. The van der Waals surface area contributed by atoms with E-state index in [9.17, 15) is 9.59 Å². The van der Waals surface area contributed by atoms with Gasteiger partial charge in [-0.15, -0.1) is 5.10 Å². The number of rotatable bonds is 6. The van der Waals surface area contributed by atoms with Crippen LogP contribution in [0.2, 0.25) is 0 Å². The molecule has 1 aliphatic rings. The van der Waals surface area contributed by atoms with E-state index in [0.29, 0.717) is 23.5 Å². The van der Waals surface area contributed by atoms with Gasteiger partial charge in [-0.1, -0.05) is 25.6 Å². The van der Waals surface area contributed by atoms with Crippen molar-refractivity contribution in [1.29, 1.82) is 0 Å². The highest BCUT2D eigenvalue weighted by molar-refractivity contribution is 7.99. The Morgan fingerprint density at radius 2 is 2.24 bits per heavy atom. The zero-order valence-electron chi connectivity index (χ0n) is 12.8. The fourth-order valence-electron chi connectivity index (χ4n) is 2.80. The van der Waals surface area contributed by atoms with E-state index >= 15 is 0 Å². The molecule has 1 aromatic heterocycles. The van der Waals surface area contributed by atoms with Crippen molar-refractivity contribution in [3.8, 4) is 0 Å². The predicted molar refractivity (Wildman–Crippen MR) is 83.5 cm³/mol. The first-order valence-corrected chi connectivity index (χ1v) is 8.73. The van der Waals surface area contributed by atoms with Crippen LogP contribution in [0.4, 0.5) is 0 Å². The molecule has 0 aliphatic carbocycles. The number of aromatic nitrogens is 3. The van der Waals surface area contributed by atoms with Crippen LogP contribution in [0, 0.1) is 0 Å². The Morgan fingerprint density at radius 1 is 1.43 bits per heavy atom. The van der Waals surface area contributed by atoms with Crippen molar-refractivity contribution in [2.75, 3.05) is 12.3 Å². The lowest BCUT2D eigenvalue weighted by atomic mass is 10.0. The number of hydrogen-bond acceptors (Lipinski definition) is 4. The van der Waals surface area contributed by atoms with Crippen molar-refractivity contribution in [3.05, 3.63) is 10.5 Å². The zero-order chi connectivity index (χ0) is 15.2. The second-order valence-corrected chi connectivity index (χ2v) is 6.34. The summed E-state index contributed by atoms with van der Waals surface area (Å²) in [4.78, 5) is 26.0. The second-order valence-electron chi connectivity index (χ2n) is 5.40. The highest BCUT2D eigenvalue weighted by Gasteiger charge is 2.25. The van der Waals surface area contributed by atoms with Gasteiger partial charge in [0.1, 0.15) is 0 Å². The number of aromatic amines is 1. The molecular formula is C14H24N4O2S. The van der Waals surface area contributed by atoms with Crippen molar-refractivity contribution in [2.24, 2.45) is 0 Å². The fraction of sp³-hybridized carbons (Fsp3) is 0.786. The first-order valence-electron chi connectivity index (χ1n) is 7.74. The molecule has 7 heteroatoms. The lowest BCUT2D eigenvalue weighted by molar-refractivity contribution is -0.132. The molecule has 118 valence electrons. The van der Waals surface area contributed by atoms with E-state index in [0.717, 1.165) is 32.2 Å². The summed E-state index contributed by atoms with van der Waals surface area (Å²) in [5.74, 6) is 0.509. The number of carbonyl (C=O) groups is 1. The monoisotopic (exact) mass is 312 g/mol. The molecule has 2 heterocycles. The Morgan fingerprint density at radius 3 is 2.95 bits per heavy atom. The third-order valence-electron chi connectivity index (χ3n) is 3.91. The summed E-state index contributed by atoms with van der Waals surface area (Å²) < 4.78 is 1.60. The van der Waals surface area contributed by atoms with E-state index < -0.39 is 0 Å². The summed E-state index contributed by atoms with van der Waals surface area (Å²) >= 11 is 1.35. The number of nitrogens with zero attached hydrogens (tertiary/aromatic N) is 3. The normalized spacial score (nSPS) is 19.0. The highest BCUT2D eigenvalue weighted by atomic mass is 32.2. The first kappa shape index (κ1) is 16.1. The predicted octanol–water partition coefficient (Wildman–Crippen LogP) is 1.86. The molecule has 6 nitrogen and oxygen atoms in total. The minimum Gasteiger partial charge on any atom is -0.339 e. The third-order valence-corrected chi connectivity index (χ3v) is 4.88. The zero-order valence-corrected chi connectivity index (χ0v) is 13.6. The summed E-state index contributed by atoms with van der Waals surface area (Å²) in [5, 5.41) is 7.08. The van der Waals surface area contributed by atoms with Crippen LogP contribution in [0.25, 0.3) is 0 Å². The number of thioether (sulfide) groups is 1. The van der Waals surface area contributed by atoms with Crippen molar-refractivity contribution in [2.45, 2.75) is 63.7 Å². The SMILES string of the molecule is CCCn1c(SCC(=O)N2CCCC[C@@H]2CC)n[nH]c1=O. The molecule has 0 unspecified atom stereocenters. The smallest absolute Gasteiger partial charge is 0.339 e. The second kappa shape index (κ2) is 7.68. The summed E-state index contributed by atoms with van der Waals surface area (Å²) in [5.41, 5.74) is -0.198. The molecule has 0 aromatic carbocycles. The van der Waals surface area contributed by atoms with Crippen molar-refractivity contribution >= 4 is 17.7 Å². The average molecular weight is 312 g/mol. The average Bonchev–Trinajstić information content (AvgIpc) is 2.86. The first-order chi connectivity index (χ1) is 10.2. The van der Waals surface area contributed by atoms with Gasteiger partial charge >= 0.3 is 5.69 Å². The summed E-state index contributed by atoms with van der Waals surface area (Å²) in [6.45, 7) is 5.64. The molecule has 0 spiro atoms. The number of H-pyrrole nitrogens is 1. The van der Waals surface area contributed by atoms with Gasteiger partial charge in [-0.25, -0.2) is 9.89 Å². The standard InChI is InChI=1S/C14H24N4O2S/c1-3-8-18-13(20)15-16-14(18)21-10-12(19)17-9-6-5-7-11(17)4-2/h11H,3-10H2,1-2H3,(H,15,20)/t11-/m0/s1. The molecule has 1 aromatic rings. The van der Waals surface area contributed by atoms with E-state index in [2.05, 4.69) is 17.1 Å². The van der Waals surface area contributed by atoms with Gasteiger partial charge in [0.05, 0.1) is 5.75 Å². The third kappa shape index (κ3) is 3.90. The Balaban J connectivity index is 1.96. The minimum absolute atomic E-state index is 0.157. The molecule has 21 heavy (non-hydrogen) atoms. The number of nitrogens with one attached hydrogen (secondary N) is 1. The van der Waals surface area contributed by atoms with Gasteiger partial charge in [0, 0.05) is 19.1 Å². The molecule has 2 rings (SSSR count). The van der Waals surface area contributed by atoms with Crippen LogP contribution in [-0.4, -0.2) is 43.9 Å². The Hall–Kier alpha value is -1.24. The highest BCUT2D eigenvalue weighted by Crippen LogP contribution is 2.22. The van der Waals surface area contributed by atoms with Crippen molar-refractivity contribution in [3.63, 3.8) is 0 Å². The minimum atomic E-state index is -0.198. The van der Waals surface area contributed by atoms with Gasteiger partial charge < -0.3 is 4.90 Å². The van der Waals surface area contributed by atoms with Gasteiger partial charge in [-0.2, -0.15) is 0 Å². The number of likely N-dealkylation sites (tertiary alicyclic amines) is 1. The van der Waals surface area contributed by atoms with Gasteiger partial charge in [-0.05, 0) is 32.1 Å². The van der Waals surface area contributed by atoms with E-state index in [1.54, 1.807) is 4.57 Å². The summed E-state index contributed by atoms with van der Waals surface area (Å²) in [6.07, 6.45) is 5.29. The summed E-state index contributed by atoms with van der Waals surface area (Å²) in [6, 6.07) is 0.379. The van der Waals surface area contributed by atoms with Crippen molar-refractivity contribution in [1.82, 2.24) is 19.7 Å². The molecule has 0 radical (unpaired) electrons. The van der Waals surface area contributed by atoms with Crippen LogP contribution in [0.3, 0.4) is 0 Å². The van der Waals surface area contributed by atoms with E-state index in [1.807, 2.05) is 11.8 Å². The van der Waals surface area contributed by atoms with Gasteiger partial charge in [0.25, 0.3) is 0 Å². The van der Waals surface area contributed by atoms with Crippen LogP contribution in [0.1, 0.15) is 46.0 Å². The van der Waals surface area contributed by atoms with Crippen LogP contribution in [-0.2, 0) is 11.3 Å². The quantitative estimate of drug-likeness (QED) is 0.814. The maximum absolute atomic E-state index is 12.4. The number of amides is 1. The van der Waals surface area contributed by atoms with Crippen LogP contribution in [0.15, 0.2) is 9.95 Å². The molecule has 0 saturated carbocycles. The molecule has 1 N–H and O–H groups in total. The maximum Gasteiger partial charge on any atom is 0.343 e. The molecular weight excluding hydrogens is 288 g/mol. The molecule has 1 fully saturated rings. The largest absolute Gasteiger partial charge is 0.343 e. The lowest BCUT2D eigenvalue weighted by Crippen LogP contribution is -2.44. The number of carbonyl (C=O) groups excluding carboxylic acids is 1. The summed E-state index contributed by atoms with van der Waals surface area (Å²) in [7, 11) is 0. The number of piperidine rings is 1. The molecule has 0 bridgehead atoms. The van der Waals surface area contributed by atoms with E-state index in [-0.39, 0.29) is 11.6 Å². The van der Waals surface area contributed by atoms with Gasteiger partial charge in [-0.3, -0.25) is 9.36 Å². The Labute approximate surface area is 129 Å². The Kier molecular flexibility index (Phi) is 5.90. The fourth-order valence-corrected chi connectivity index (χ4v) is 3.66. The maximum atomic E-state index is 12.4. The van der Waals surface area contributed by atoms with E-state index in [4.69, 9.17) is 0 Å². The van der Waals surface area contributed by atoms with Crippen molar-refractivity contribution < 1.29 is 4.79 Å². The molecule has 1 atom stereocenters. The van der Waals surface area contributed by atoms with Crippen LogP contribution >= 0.6 is 11.8 Å². The van der Waals surface area contributed by atoms with E-state index in [1.165, 1.54) is 18.2 Å². The van der Waals surface area contributed by atoms with Gasteiger partial charge in [0.2, 0.25) is 5.91 Å². The van der Waals surface area contributed by atoms with Gasteiger partial charge in [0.15, 0.2) is 5.16 Å². The molecule has 1 amide bonds.